The monoisotopic (exact) mass is 345 g/mol. The van der Waals surface area contributed by atoms with Crippen molar-refractivity contribution in [3.8, 4) is 0 Å². The molecule has 4 nitrogen and oxygen atoms in total. The highest BCUT2D eigenvalue weighted by Crippen LogP contribution is 2.33. The molecule has 0 atom stereocenters. The van der Waals surface area contributed by atoms with Crippen LogP contribution in [0.4, 0.5) is 11.4 Å². The zero-order valence-electron chi connectivity index (χ0n) is 15.0. The minimum Gasteiger partial charge on any atom is -0.371 e. The number of anilines is 2. The maximum absolute atomic E-state index is 12.7. The predicted molar refractivity (Wildman–Crippen MR) is 107 cm³/mol. The van der Waals surface area contributed by atoms with E-state index in [4.69, 9.17) is 0 Å². The van der Waals surface area contributed by atoms with E-state index in [0.717, 1.165) is 35.1 Å². The third-order valence-corrected chi connectivity index (χ3v) is 5.13. The van der Waals surface area contributed by atoms with Crippen molar-refractivity contribution in [1.29, 1.82) is 0 Å². The van der Waals surface area contributed by atoms with E-state index in [2.05, 4.69) is 21.3 Å². The lowest BCUT2D eigenvalue weighted by atomic mass is 10.0. The van der Waals surface area contributed by atoms with E-state index in [1.54, 1.807) is 0 Å². The van der Waals surface area contributed by atoms with Crippen molar-refractivity contribution in [1.82, 2.24) is 4.98 Å². The van der Waals surface area contributed by atoms with Gasteiger partial charge < -0.3 is 10.2 Å². The van der Waals surface area contributed by atoms with Crippen molar-refractivity contribution in [3.05, 3.63) is 66.0 Å². The van der Waals surface area contributed by atoms with Crippen LogP contribution in [-0.4, -0.2) is 24.0 Å². The summed E-state index contributed by atoms with van der Waals surface area (Å²) in [5.41, 5.74) is 3.71. The normalized spacial score (nSPS) is 14.4. The lowest BCUT2D eigenvalue weighted by Gasteiger charge is -2.30. The fourth-order valence-electron chi connectivity index (χ4n) is 3.71. The number of nitrogens with one attached hydrogen (secondary N) is 1. The van der Waals surface area contributed by atoms with Crippen LogP contribution in [0.15, 0.2) is 54.9 Å². The molecule has 26 heavy (non-hydrogen) atoms. The van der Waals surface area contributed by atoms with E-state index < -0.39 is 0 Å². The second kappa shape index (κ2) is 7.16. The molecule has 0 bridgehead atoms. The van der Waals surface area contributed by atoms with Gasteiger partial charge in [-0.3, -0.25) is 9.78 Å². The Morgan fingerprint density at radius 1 is 1.00 bits per heavy atom. The van der Waals surface area contributed by atoms with Crippen LogP contribution in [-0.2, 0) is 0 Å². The van der Waals surface area contributed by atoms with Crippen molar-refractivity contribution in [2.24, 2.45) is 0 Å². The third-order valence-electron chi connectivity index (χ3n) is 5.13. The number of aromatic nitrogens is 1. The molecule has 2 heterocycles. The Hall–Kier alpha value is -2.88. The SMILES string of the molecule is Cc1ccccc1C(=O)Nc1ccc(N2CCCCC2)c2ccncc12. The molecule has 0 radical (unpaired) electrons. The molecule has 3 aromatic rings. The van der Waals surface area contributed by atoms with Gasteiger partial charge in [-0.15, -0.1) is 0 Å². The molecule has 0 aliphatic carbocycles. The Labute approximate surface area is 153 Å². The van der Waals surface area contributed by atoms with Crippen molar-refractivity contribution < 1.29 is 4.79 Å². The molecular weight excluding hydrogens is 322 g/mol. The summed E-state index contributed by atoms with van der Waals surface area (Å²) in [6.45, 7) is 4.13. The van der Waals surface area contributed by atoms with E-state index >= 15 is 0 Å². The van der Waals surface area contributed by atoms with Gasteiger partial charge in [0.05, 0.1) is 5.69 Å². The average Bonchev–Trinajstić information content (AvgIpc) is 2.69. The highest BCUT2D eigenvalue weighted by atomic mass is 16.1. The highest BCUT2D eigenvalue weighted by molar-refractivity contribution is 6.11. The molecular formula is C22H23N3O. The number of nitrogens with zero attached hydrogens (tertiary/aromatic N) is 2. The molecule has 2 aromatic carbocycles. The maximum Gasteiger partial charge on any atom is 0.255 e. The summed E-state index contributed by atoms with van der Waals surface area (Å²) in [6.07, 6.45) is 7.44. The second-order valence-electron chi connectivity index (χ2n) is 6.87. The number of amides is 1. The second-order valence-corrected chi connectivity index (χ2v) is 6.87. The molecule has 1 N–H and O–H groups in total. The predicted octanol–water partition coefficient (Wildman–Crippen LogP) is 4.79. The van der Waals surface area contributed by atoms with E-state index in [-0.39, 0.29) is 5.91 Å². The van der Waals surface area contributed by atoms with Crippen molar-refractivity contribution in [2.45, 2.75) is 26.2 Å². The van der Waals surface area contributed by atoms with Gasteiger partial charge in [-0.25, -0.2) is 0 Å². The van der Waals surface area contributed by atoms with Crippen LogP contribution in [0.5, 0.6) is 0 Å². The van der Waals surface area contributed by atoms with Gasteiger partial charge in [-0.05, 0) is 56.0 Å². The Bertz CT molecular complexity index is 945. The lowest BCUT2D eigenvalue weighted by molar-refractivity contribution is 0.102. The minimum absolute atomic E-state index is 0.0843. The Kier molecular flexibility index (Phi) is 4.57. The number of pyridine rings is 1. The molecule has 1 aliphatic heterocycles. The number of piperidine rings is 1. The van der Waals surface area contributed by atoms with Crippen molar-refractivity contribution in [3.63, 3.8) is 0 Å². The smallest absolute Gasteiger partial charge is 0.255 e. The highest BCUT2D eigenvalue weighted by Gasteiger charge is 2.16. The quantitative estimate of drug-likeness (QED) is 0.742. The minimum atomic E-state index is -0.0843. The number of aryl methyl sites for hydroxylation is 1. The van der Waals surface area contributed by atoms with Crippen molar-refractivity contribution in [2.75, 3.05) is 23.3 Å². The number of rotatable bonds is 3. The molecule has 0 saturated carbocycles. The van der Waals surface area contributed by atoms with Crippen LogP contribution in [0.2, 0.25) is 0 Å². The molecule has 1 amide bonds. The molecule has 4 rings (SSSR count). The standard InChI is InChI=1S/C22H23N3O/c1-16-7-3-4-8-17(16)22(26)24-20-9-10-21(25-13-5-2-6-14-25)18-11-12-23-15-19(18)20/h3-4,7-12,15H,2,5-6,13-14H2,1H3,(H,24,26). The number of carbonyl (C=O) groups excluding carboxylic acids is 1. The average molecular weight is 345 g/mol. The topological polar surface area (TPSA) is 45.2 Å². The van der Waals surface area contributed by atoms with E-state index in [1.165, 1.54) is 24.9 Å². The van der Waals surface area contributed by atoms with Gasteiger partial charge >= 0.3 is 0 Å². The van der Waals surface area contributed by atoms with Gasteiger partial charge in [0, 0.05) is 47.5 Å². The van der Waals surface area contributed by atoms with Crippen molar-refractivity contribution >= 4 is 28.1 Å². The fraction of sp³-hybridized carbons (Fsp3) is 0.273. The zero-order valence-corrected chi connectivity index (χ0v) is 15.0. The van der Waals surface area contributed by atoms with Crippen LogP contribution in [0, 0.1) is 6.92 Å². The van der Waals surface area contributed by atoms with Gasteiger partial charge in [0.15, 0.2) is 0 Å². The first-order valence-corrected chi connectivity index (χ1v) is 9.23. The number of hydrogen-bond acceptors (Lipinski definition) is 3. The Morgan fingerprint density at radius 2 is 1.81 bits per heavy atom. The van der Waals surface area contributed by atoms with Gasteiger partial charge in [0.1, 0.15) is 0 Å². The summed E-state index contributed by atoms with van der Waals surface area (Å²) in [5.74, 6) is -0.0843. The van der Waals surface area contributed by atoms with E-state index in [0.29, 0.717) is 5.56 Å². The Balaban J connectivity index is 1.70. The van der Waals surface area contributed by atoms with Gasteiger partial charge in [0.25, 0.3) is 5.91 Å². The summed E-state index contributed by atoms with van der Waals surface area (Å²) in [5, 5.41) is 5.20. The molecule has 1 aromatic heterocycles. The lowest BCUT2D eigenvalue weighted by Crippen LogP contribution is -2.29. The zero-order chi connectivity index (χ0) is 17.9. The molecule has 1 fully saturated rings. The first-order chi connectivity index (χ1) is 12.7. The maximum atomic E-state index is 12.7. The molecule has 4 heteroatoms. The van der Waals surface area contributed by atoms with Crippen LogP contribution < -0.4 is 10.2 Å². The summed E-state index contributed by atoms with van der Waals surface area (Å²) in [7, 11) is 0. The largest absolute Gasteiger partial charge is 0.371 e. The van der Waals surface area contributed by atoms with Gasteiger partial charge in [0.2, 0.25) is 0 Å². The summed E-state index contributed by atoms with van der Waals surface area (Å²) in [4.78, 5) is 19.5. The van der Waals surface area contributed by atoms with Gasteiger partial charge in [-0.2, -0.15) is 0 Å². The molecule has 132 valence electrons. The number of fused-ring (bicyclic) bond motifs is 1. The first kappa shape index (κ1) is 16.6. The molecule has 0 unspecified atom stereocenters. The van der Waals surface area contributed by atoms with E-state index in [9.17, 15) is 4.79 Å². The van der Waals surface area contributed by atoms with E-state index in [1.807, 2.05) is 55.7 Å². The number of carbonyl (C=O) groups is 1. The fourth-order valence-corrected chi connectivity index (χ4v) is 3.71. The first-order valence-electron chi connectivity index (χ1n) is 9.23. The summed E-state index contributed by atoms with van der Waals surface area (Å²) >= 11 is 0. The number of benzene rings is 2. The third kappa shape index (κ3) is 3.15. The molecule has 0 spiro atoms. The molecule has 1 aliphatic rings. The number of hydrogen-bond donors (Lipinski definition) is 1. The Morgan fingerprint density at radius 3 is 2.62 bits per heavy atom. The van der Waals surface area contributed by atoms with Crippen LogP contribution in [0.3, 0.4) is 0 Å². The van der Waals surface area contributed by atoms with Crippen LogP contribution in [0.1, 0.15) is 35.2 Å². The summed E-state index contributed by atoms with van der Waals surface area (Å²) < 4.78 is 0. The van der Waals surface area contributed by atoms with Crippen LogP contribution >= 0.6 is 0 Å². The van der Waals surface area contributed by atoms with Crippen LogP contribution in [0.25, 0.3) is 10.8 Å². The molecule has 1 saturated heterocycles. The summed E-state index contributed by atoms with van der Waals surface area (Å²) in [6, 6.07) is 13.8. The van der Waals surface area contributed by atoms with Gasteiger partial charge in [-0.1, -0.05) is 18.2 Å².